The fourth-order valence-corrected chi connectivity index (χ4v) is 4.85. The molecule has 3 N–H and O–H groups in total. The normalized spacial score (nSPS) is 15.3. The van der Waals surface area contributed by atoms with E-state index in [9.17, 15) is 14.0 Å². The van der Waals surface area contributed by atoms with Gasteiger partial charge in [-0.3, -0.25) is 9.59 Å². The van der Waals surface area contributed by atoms with Crippen molar-refractivity contribution in [3.05, 3.63) is 72.2 Å². The van der Waals surface area contributed by atoms with E-state index in [1.165, 1.54) is 18.6 Å². The minimum absolute atomic E-state index is 0.0833. The Kier molecular flexibility index (Phi) is 9.40. The minimum atomic E-state index is -0.684. The Labute approximate surface area is 223 Å². The summed E-state index contributed by atoms with van der Waals surface area (Å²) >= 11 is 0. The first kappa shape index (κ1) is 27.2. The van der Waals surface area contributed by atoms with E-state index in [-0.39, 0.29) is 23.5 Å². The minimum Gasteiger partial charge on any atom is -0.497 e. The molecule has 0 bridgehead atoms. The van der Waals surface area contributed by atoms with Crippen LogP contribution in [0.25, 0.3) is 11.3 Å². The van der Waals surface area contributed by atoms with Gasteiger partial charge in [0.2, 0.25) is 5.91 Å². The molecule has 1 heterocycles. The lowest BCUT2D eigenvalue weighted by atomic mass is 9.84. The molecule has 0 radical (unpaired) electrons. The number of methoxy groups -OCH3 is 1. The van der Waals surface area contributed by atoms with E-state index in [0.29, 0.717) is 30.2 Å². The number of ether oxygens (including phenoxy) is 1. The number of carbonyl (C=O) groups is 2. The smallest absolute Gasteiger partial charge is 0.287 e. The first-order valence-electron chi connectivity index (χ1n) is 13.3. The number of anilines is 1. The maximum absolute atomic E-state index is 13.6. The SMILES string of the molecule is COc1ccc(NC[C@H](C)NC(=O)C(CC2CCCCC2)NC(=O)c2ccc(-c3cccc(F)c3)o2)cc1. The Morgan fingerprint density at radius 3 is 2.50 bits per heavy atom. The number of rotatable bonds is 11. The average Bonchev–Trinajstić information content (AvgIpc) is 3.43. The molecule has 1 saturated carbocycles. The highest BCUT2D eigenvalue weighted by Crippen LogP contribution is 2.28. The predicted octanol–water partition coefficient (Wildman–Crippen LogP) is 5.78. The Balaban J connectivity index is 1.38. The first-order valence-corrected chi connectivity index (χ1v) is 13.3. The average molecular weight is 522 g/mol. The molecule has 1 unspecified atom stereocenters. The van der Waals surface area contributed by atoms with Crippen LogP contribution in [0.2, 0.25) is 0 Å². The number of hydrogen-bond donors (Lipinski definition) is 3. The molecule has 2 aromatic carbocycles. The van der Waals surface area contributed by atoms with Crippen molar-refractivity contribution in [3.8, 4) is 17.1 Å². The summed E-state index contributed by atoms with van der Waals surface area (Å²) in [5.74, 6) is 0.563. The van der Waals surface area contributed by atoms with Gasteiger partial charge in [-0.25, -0.2) is 4.39 Å². The lowest BCUT2D eigenvalue weighted by Gasteiger charge is -2.27. The number of benzene rings is 2. The fraction of sp³-hybridized carbons (Fsp3) is 0.400. The van der Waals surface area contributed by atoms with E-state index < -0.39 is 11.9 Å². The van der Waals surface area contributed by atoms with Crippen LogP contribution in [0.1, 0.15) is 56.0 Å². The predicted molar refractivity (Wildman–Crippen MR) is 146 cm³/mol. The maximum atomic E-state index is 13.6. The van der Waals surface area contributed by atoms with Crippen LogP contribution in [-0.4, -0.2) is 37.6 Å². The van der Waals surface area contributed by atoms with Gasteiger partial charge in [0.1, 0.15) is 23.4 Å². The van der Waals surface area contributed by atoms with Crippen LogP contribution >= 0.6 is 0 Å². The summed E-state index contributed by atoms with van der Waals surface area (Å²) in [4.78, 5) is 26.4. The second-order valence-corrected chi connectivity index (χ2v) is 9.96. The van der Waals surface area contributed by atoms with Crippen LogP contribution in [0, 0.1) is 11.7 Å². The number of nitrogens with one attached hydrogen (secondary N) is 3. The Morgan fingerprint density at radius 2 is 1.79 bits per heavy atom. The van der Waals surface area contributed by atoms with Crippen LogP contribution in [-0.2, 0) is 4.79 Å². The maximum Gasteiger partial charge on any atom is 0.287 e. The van der Waals surface area contributed by atoms with Gasteiger partial charge in [-0.15, -0.1) is 0 Å². The van der Waals surface area contributed by atoms with Gasteiger partial charge in [-0.05, 0) is 67.8 Å². The summed E-state index contributed by atoms with van der Waals surface area (Å²) in [6, 6.07) is 15.9. The lowest BCUT2D eigenvalue weighted by Crippen LogP contribution is -2.51. The number of halogens is 1. The first-order chi connectivity index (χ1) is 18.4. The third-order valence-corrected chi connectivity index (χ3v) is 6.95. The largest absolute Gasteiger partial charge is 0.497 e. The van der Waals surface area contributed by atoms with E-state index in [1.807, 2.05) is 31.2 Å². The van der Waals surface area contributed by atoms with Crippen LogP contribution in [0.3, 0.4) is 0 Å². The van der Waals surface area contributed by atoms with Gasteiger partial charge < -0.3 is 25.1 Å². The van der Waals surface area contributed by atoms with Gasteiger partial charge >= 0.3 is 0 Å². The highest BCUT2D eigenvalue weighted by atomic mass is 19.1. The van der Waals surface area contributed by atoms with Crippen LogP contribution in [0.15, 0.2) is 65.1 Å². The fourth-order valence-electron chi connectivity index (χ4n) is 4.85. The van der Waals surface area contributed by atoms with Crippen molar-refractivity contribution in [2.75, 3.05) is 19.0 Å². The van der Waals surface area contributed by atoms with E-state index in [1.54, 1.807) is 31.4 Å². The van der Waals surface area contributed by atoms with Crippen molar-refractivity contribution in [2.45, 2.75) is 57.5 Å². The molecule has 202 valence electrons. The van der Waals surface area contributed by atoms with E-state index >= 15 is 0 Å². The summed E-state index contributed by atoms with van der Waals surface area (Å²) in [7, 11) is 1.62. The molecule has 4 rings (SSSR count). The number of furan rings is 1. The van der Waals surface area contributed by atoms with Gasteiger partial charge in [-0.2, -0.15) is 0 Å². The van der Waals surface area contributed by atoms with Gasteiger partial charge in [0.05, 0.1) is 7.11 Å². The van der Waals surface area contributed by atoms with Gasteiger partial charge in [-0.1, -0.05) is 44.2 Å². The second kappa shape index (κ2) is 13.1. The highest BCUT2D eigenvalue weighted by Gasteiger charge is 2.28. The zero-order chi connectivity index (χ0) is 26.9. The molecule has 8 heteroatoms. The van der Waals surface area contributed by atoms with Crippen LogP contribution in [0.4, 0.5) is 10.1 Å². The van der Waals surface area contributed by atoms with Crippen LogP contribution < -0.4 is 20.7 Å². The Morgan fingerprint density at radius 1 is 1.03 bits per heavy atom. The molecule has 1 aliphatic rings. The molecule has 1 fully saturated rings. The Bertz CT molecular complexity index is 1200. The van der Waals surface area contributed by atoms with Crippen molar-refractivity contribution in [1.82, 2.24) is 10.6 Å². The van der Waals surface area contributed by atoms with Gasteiger partial charge in [0, 0.05) is 23.8 Å². The molecule has 0 saturated heterocycles. The molecule has 1 aromatic heterocycles. The zero-order valence-corrected chi connectivity index (χ0v) is 22.0. The summed E-state index contributed by atoms with van der Waals surface area (Å²) in [5.41, 5.74) is 1.46. The van der Waals surface area contributed by atoms with E-state index in [2.05, 4.69) is 16.0 Å². The van der Waals surface area contributed by atoms with Gasteiger partial charge in [0.25, 0.3) is 5.91 Å². The highest BCUT2D eigenvalue weighted by molar-refractivity contribution is 5.96. The molecule has 2 atom stereocenters. The van der Waals surface area contributed by atoms with Crippen LogP contribution in [0.5, 0.6) is 5.75 Å². The molecule has 7 nitrogen and oxygen atoms in total. The van der Waals surface area contributed by atoms with Crippen molar-refractivity contribution >= 4 is 17.5 Å². The monoisotopic (exact) mass is 521 g/mol. The third kappa shape index (κ3) is 7.60. The summed E-state index contributed by atoms with van der Waals surface area (Å²) in [5, 5.41) is 9.25. The van der Waals surface area contributed by atoms with Crippen molar-refractivity contribution in [3.63, 3.8) is 0 Å². The molecule has 1 aliphatic carbocycles. The Hall–Kier alpha value is -3.81. The molecule has 0 spiro atoms. The second-order valence-electron chi connectivity index (χ2n) is 9.96. The summed E-state index contributed by atoms with van der Waals surface area (Å²) in [6.45, 7) is 2.45. The molecular weight excluding hydrogens is 485 g/mol. The number of hydrogen-bond acceptors (Lipinski definition) is 5. The van der Waals surface area contributed by atoms with Crippen molar-refractivity contribution < 1.29 is 23.1 Å². The van der Waals surface area contributed by atoms with Crippen molar-refractivity contribution in [1.29, 1.82) is 0 Å². The molecule has 0 aliphatic heterocycles. The standard InChI is InChI=1S/C30H36FN3O4/c1-20(19-32-24-11-13-25(37-2)14-12-24)33-29(35)26(17-21-7-4-3-5-8-21)34-30(36)28-16-15-27(38-28)22-9-6-10-23(31)18-22/h6,9-16,18,20-21,26,32H,3-5,7-8,17,19H2,1-2H3,(H,33,35)(H,34,36)/t20-,26?/m0/s1. The third-order valence-electron chi connectivity index (χ3n) is 6.95. The van der Waals surface area contributed by atoms with Gasteiger partial charge in [0.15, 0.2) is 5.76 Å². The number of carbonyl (C=O) groups excluding carboxylic acids is 2. The topological polar surface area (TPSA) is 92.6 Å². The van der Waals surface area contributed by atoms with Crippen molar-refractivity contribution in [2.24, 2.45) is 5.92 Å². The summed E-state index contributed by atoms with van der Waals surface area (Å²) < 4.78 is 24.5. The lowest BCUT2D eigenvalue weighted by molar-refractivity contribution is -0.124. The van der Waals surface area contributed by atoms with E-state index in [0.717, 1.165) is 37.1 Å². The zero-order valence-electron chi connectivity index (χ0n) is 22.0. The molecular formula is C30H36FN3O4. The van der Waals surface area contributed by atoms with E-state index in [4.69, 9.17) is 9.15 Å². The molecule has 3 aromatic rings. The summed E-state index contributed by atoms with van der Waals surface area (Å²) in [6.07, 6.45) is 6.18. The molecule has 2 amide bonds. The molecule has 38 heavy (non-hydrogen) atoms. The quantitative estimate of drug-likeness (QED) is 0.298. The number of amides is 2.